The van der Waals surface area contributed by atoms with Gasteiger partial charge in [0, 0.05) is 29.3 Å². The predicted octanol–water partition coefficient (Wildman–Crippen LogP) is 2.48. The smallest absolute Gasteiger partial charge is 0.306 e. The summed E-state index contributed by atoms with van der Waals surface area (Å²) < 4.78 is 10.2. The summed E-state index contributed by atoms with van der Waals surface area (Å²) >= 11 is 1.49. The highest BCUT2D eigenvalue weighted by Crippen LogP contribution is 2.24. The number of carboxylic acid groups (broad SMARTS) is 1. The zero-order chi connectivity index (χ0) is 20.6. The van der Waals surface area contributed by atoms with Crippen LogP contribution in [0.25, 0.3) is 0 Å². The Kier molecular flexibility index (Phi) is 8.47. The fourth-order valence-corrected chi connectivity index (χ4v) is 3.73. The first kappa shape index (κ1) is 22.4. The number of carbonyl (C=O) groups is 3. The van der Waals surface area contributed by atoms with Crippen LogP contribution in [0.3, 0.4) is 0 Å². The summed E-state index contributed by atoms with van der Waals surface area (Å²) in [5.74, 6) is -0.798. The normalized spacial score (nSPS) is 15.2. The number of carboxylic acids is 1. The Labute approximate surface area is 169 Å². The van der Waals surface area contributed by atoms with Crippen molar-refractivity contribution in [3.63, 3.8) is 0 Å². The molecule has 0 amide bonds. The molecule has 1 aromatic rings. The van der Waals surface area contributed by atoms with E-state index in [1.165, 1.54) is 11.8 Å². The highest BCUT2D eigenvalue weighted by Gasteiger charge is 2.35. The van der Waals surface area contributed by atoms with Crippen LogP contribution in [-0.4, -0.2) is 71.9 Å². The monoisotopic (exact) mass is 409 g/mol. The minimum Gasteiger partial charge on any atom is -0.481 e. The number of ether oxygens (including phenoxy) is 2. The third kappa shape index (κ3) is 6.61. The van der Waals surface area contributed by atoms with Crippen LogP contribution < -0.4 is 0 Å². The Morgan fingerprint density at radius 2 is 1.79 bits per heavy atom. The summed E-state index contributed by atoms with van der Waals surface area (Å²) in [6.07, 6.45) is 0.0181. The molecule has 0 unspecified atom stereocenters. The number of rotatable bonds is 10. The van der Waals surface area contributed by atoms with Gasteiger partial charge in [0.15, 0.2) is 5.78 Å². The van der Waals surface area contributed by atoms with Crippen LogP contribution in [-0.2, 0) is 19.1 Å². The van der Waals surface area contributed by atoms with E-state index in [0.717, 1.165) is 18.0 Å². The molecule has 1 aliphatic rings. The highest BCUT2D eigenvalue weighted by atomic mass is 32.2. The molecule has 0 aromatic heterocycles. The van der Waals surface area contributed by atoms with Crippen molar-refractivity contribution in [3.8, 4) is 0 Å². The van der Waals surface area contributed by atoms with E-state index in [2.05, 4.69) is 4.90 Å². The van der Waals surface area contributed by atoms with Crippen molar-refractivity contribution >= 4 is 29.5 Å². The molecule has 8 heteroatoms. The second kappa shape index (κ2) is 10.6. The SMILES string of the molecule is CC(C)(C(=O)c1ccc(SCCC(=O)OCCC(=O)O)cc1)N1CCOCC1. The van der Waals surface area contributed by atoms with Crippen molar-refractivity contribution in [3.05, 3.63) is 29.8 Å². The van der Waals surface area contributed by atoms with Gasteiger partial charge in [-0.2, -0.15) is 0 Å². The largest absolute Gasteiger partial charge is 0.481 e. The maximum atomic E-state index is 12.9. The van der Waals surface area contributed by atoms with Crippen LogP contribution in [0.2, 0.25) is 0 Å². The van der Waals surface area contributed by atoms with Crippen LogP contribution in [0.15, 0.2) is 29.2 Å². The summed E-state index contributed by atoms with van der Waals surface area (Å²) in [5.41, 5.74) is 0.0759. The van der Waals surface area contributed by atoms with Gasteiger partial charge in [0.2, 0.25) is 0 Å². The number of morpholine rings is 1. The molecule has 0 atom stereocenters. The zero-order valence-electron chi connectivity index (χ0n) is 16.3. The maximum Gasteiger partial charge on any atom is 0.306 e. The Morgan fingerprint density at radius 3 is 2.39 bits per heavy atom. The van der Waals surface area contributed by atoms with Crippen molar-refractivity contribution in [2.24, 2.45) is 0 Å². The number of carbonyl (C=O) groups excluding carboxylic acids is 2. The summed E-state index contributed by atoms with van der Waals surface area (Å²) in [6.45, 7) is 6.56. The van der Waals surface area contributed by atoms with Gasteiger partial charge >= 0.3 is 11.9 Å². The molecule has 1 saturated heterocycles. The number of Topliss-reactive ketones (excluding diaryl/α,β-unsaturated/α-hetero) is 1. The van der Waals surface area contributed by atoms with Crippen molar-refractivity contribution in [2.75, 3.05) is 38.7 Å². The number of benzene rings is 1. The van der Waals surface area contributed by atoms with Gasteiger partial charge in [0.25, 0.3) is 0 Å². The Morgan fingerprint density at radius 1 is 1.14 bits per heavy atom. The van der Waals surface area contributed by atoms with Gasteiger partial charge in [0.05, 0.1) is 31.6 Å². The van der Waals surface area contributed by atoms with Crippen LogP contribution in [0.4, 0.5) is 0 Å². The van der Waals surface area contributed by atoms with Crippen molar-refractivity contribution < 1.29 is 29.0 Å². The van der Waals surface area contributed by atoms with Gasteiger partial charge in [0.1, 0.15) is 6.61 Å². The molecule has 154 valence electrons. The first-order chi connectivity index (χ1) is 13.3. The second-order valence-corrected chi connectivity index (χ2v) is 8.14. The van der Waals surface area contributed by atoms with E-state index in [0.29, 0.717) is 24.5 Å². The summed E-state index contributed by atoms with van der Waals surface area (Å²) in [6, 6.07) is 7.39. The summed E-state index contributed by atoms with van der Waals surface area (Å²) in [5, 5.41) is 8.51. The minimum absolute atomic E-state index is 0.0768. The second-order valence-electron chi connectivity index (χ2n) is 6.97. The lowest BCUT2D eigenvalue weighted by atomic mass is 9.91. The lowest BCUT2D eigenvalue weighted by Gasteiger charge is -2.39. The van der Waals surface area contributed by atoms with E-state index < -0.39 is 17.5 Å². The predicted molar refractivity (Wildman–Crippen MR) is 106 cm³/mol. The molecule has 7 nitrogen and oxygen atoms in total. The Bertz CT molecular complexity index is 682. The molecular weight excluding hydrogens is 382 g/mol. The molecule has 1 N–H and O–H groups in total. The number of hydrogen-bond acceptors (Lipinski definition) is 7. The first-order valence-electron chi connectivity index (χ1n) is 9.28. The fourth-order valence-electron chi connectivity index (χ4n) is 2.90. The van der Waals surface area contributed by atoms with Crippen LogP contribution in [0, 0.1) is 0 Å². The third-order valence-electron chi connectivity index (χ3n) is 4.63. The molecule has 0 bridgehead atoms. The minimum atomic E-state index is -0.992. The zero-order valence-corrected chi connectivity index (χ0v) is 17.1. The van der Waals surface area contributed by atoms with Crippen molar-refractivity contribution in [1.82, 2.24) is 4.90 Å². The Balaban J connectivity index is 1.81. The van der Waals surface area contributed by atoms with E-state index in [1.807, 2.05) is 38.1 Å². The molecule has 28 heavy (non-hydrogen) atoms. The van der Waals surface area contributed by atoms with Gasteiger partial charge in [-0.25, -0.2) is 0 Å². The van der Waals surface area contributed by atoms with Gasteiger partial charge < -0.3 is 14.6 Å². The number of hydrogen-bond donors (Lipinski definition) is 1. The van der Waals surface area contributed by atoms with Crippen LogP contribution >= 0.6 is 11.8 Å². The number of thioether (sulfide) groups is 1. The molecule has 0 spiro atoms. The van der Waals surface area contributed by atoms with Gasteiger partial charge in [-0.05, 0) is 26.0 Å². The number of esters is 1. The number of ketones is 1. The molecule has 1 aromatic carbocycles. The molecule has 0 saturated carbocycles. The molecular formula is C20H27NO6S. The lowest BCUT2D eigenvalue weighted by Crippen LogP contribution is -2.54. The fraction of sp³-hybridized carbons (Fsp3) is 0.550. The molecule has 0 radical (unpaired) electrons. The van der Waals surface area contributed by atoms with Crippen molar-refractivity contribution in [1.29, 1.82) is 0 Å². The van der Waals surface area contributed by atoms with E-state index in [-0.39, 0.29) is 25.2 Å². The Hall–Kier alpha value is -1.90. The first-order valence-corrected chi connectivity index (χ1v) is 10.3. The number of nitrogens with zero attached hydrogens (tertiary/aromatic N) is 1. The summed E-state index contributed by atoms with van der Waals surface area (Å²) in [4.78, 5) is 38.0. The quantitative estimate of drug-likeness (QED) is 0.358. The van der Waals surface area contributed by atoms with E-state index in [4.69, 9.17) is 14.6 Å². The molecule has 2 rings (SSSR count). The van der Waals surface area contributed by atoms with E-state index >= 15 is 0 Å². The molecule has 1 heterocycles. The van der Waals surface area contributed by atoms with Crippen LogP contribution in [0.5, 0.6) is 0 Å². The average Bonchev–Trinajstić information content (AvgIpc) is 2.68. The van der Waals surface area contributed by atoms with Crippen LogP contribution in [0.1, 0.15) is 37.0 Å². The standard InChI is InChI=1S/C20H27NO6S/c1-20(2,21-9-12-26-13-10-21)19(25)15-3-5-16(6-4-15)28-14-8-18(24)27-11-7-17(22)23/h3-6H,7-14H2,1-2H3,(H,22,23). The molecule has 0 aliphatic carbocycles. The topological polar surface area (TPSA) is 93.1 Å². The highest BCUT2D eigenvalue weighted by molar-refractivity contribution is 7.99. The van der Waals surface area contributed by atoms with E-state index in [1.54, 1.807) is 0 Å². The van der Waals surface area contributed by atoms with Gasteiger partial charge in [-0.15, -0.1) is 11.8 Å². The van der Waals surface area contributed by atoms with E-state index in [9.17, 15) is 14.4 Å². The number of aliphatic carboxylic acids is 1. The van der Waals surface area contributed by atoms with Gasteiger partial charge in [-0.1, -0.05) is 12.1 Å². The average molecular weight is 410 g/mol. The van der Waals surface area contributed by atoms with Gasteiger partial charge in [-0.3, -0.25) is 19.3 Å². The van der Waals surface area contributed by atoms with Crippen molar-refractivity contribution in [2.45, 2.75) is 37.1 Å². The molecule has 1 aliphatic heterocycles. The molecule has 1 fully saturated rings. The maximum absolute atomic E-state index is 12.9. The third-order valence-corrected chi connectivity index (χ3v) is 5.64. The summed E-state index contributed by atoms with van der Waals surface area (Å²) in [7, 11) is 0. The lowest BCUT2D eigenvalue weighted by molar-refractivity contribution is -0.146.